The first-order chi connectivity index (χ1) is 8.35. The summed E-state index contributed by atoms with van der Waals surface area (Å²) in [5, 5.41) is 18.4. The SMILES string of the molecule is Cc1[nH]ncc1CNC(=O)[C@H]1[C@@H](C(=O)O)C1(C)C. The third-order valence-corrected chi connectivity index (χ3v) is 3.76. The van der Waals surface area contributed by atoms with Gasteiger partial charge in [0.15, 0.2) is 0 Å². The molecule has 1 heterocycles. The van der Waals surface area contributed by atoms with E-state index < -0.39 is 23.2 Å². The number of aromatic nitrogens is 2. The van der Waals surface area contributed by atoms with Crippen molar-refractivity contribution < 1.29 is 14.7 Å². The first kappa shape index (κ1) is 12.6. The smallest absolute Gasteiger partial charge is 0.307 e. The van der Waals surface area contributed by atoms with Gasteiger partial charge in [0.2, 0.25) is 5.91 Å². The molecule has 0 unspecified atom stereocenters. The molecular weight excluding hydrogens is 234 g/mol. The van der Waals surface area contributed by atoms with Crippen LogP contribution in [0.25, 0.3) is 0 Å². The van der Waals surface area contributed by atoms with E-state index in [-0.39, 0.29) is 5.91 Å². The Morgan fingerprint density at radius 1 is 1.50 bits per heavy atom. The number of aryl methyl sites for hydroxylation is 1. The van der Waals surface area contributed by atoms with E-state index in [9.17, 15) is 9.59 Å². The van der Waals surface area contributed by atoms with Crippen molar-refractivity contribution in [3.8, 4) is 0 Å². The molecule has 2 atom stereocenters. The van der Waals surface area contributed by atoms with E-state index in [1.54, 1.807) is 20.0 Å². The van der Waals surface area contributed by atoms with E-state index >= 15 is 0 Å². The molecule has 98 valence electrons. The number of carbonyl (C=O) groups excluding carboxylic acids is 1. The van der Waals surface area contributed by atoms with Gasteiger partial charge in [0.05, 0.1) is 18.0 Å². The molecule has 0 aliphatic heterocycles. The Morgan fingerprint density at radius 2 is 2.17 bits per heavy atom. The highest BCUT2D eigenvalue weighted by Crippen LogP contribution is 2.58. The number of hydrogen-bond acceptors (Lipinski definition) is 3. The molecule has 6 nitrogen and oxygen atoms in total. The topological polar surface area (TPSA) is 95.1 Å². The van der Waals surface area contributed by atoms with Crippen molar-refractivity contribution >= 4 is 11.9 Å². The summed E-state index contributed by atoms with van der Waals surface area (Å²) < 4.78 is 0. The monoisotopic (exact) mass is 251 g/mol. The Hall–Kier alpha value is -1.85. The first-order valence-corrected chi connectivity index (χ1v) is 5.85. The number of nitrogens with zero attached hydrogens (tertiary/aromatic N) is 1. The van der Waals surface area contributed by atoms with Crippen molar-refractivity contribution in [2.45, 2.75) is 27.3 Å². The van der Waals surface area contributed by atoms with Gasteiger partial charge in [-0.15, -0.1) is 0 Å². The largest absolute Gasteiger partial charge is 0.481 e. The molecule has 2 rings (SSSR count). The minimum absolute atomic E-state index is 0.201. The van der Waals surface area contributed by atoms with Crippen LogP contribution in [-0.4, -0.2) is 27.2 Å². The summed E-state index contributed by atoms with van der Waals surface area (Å²) in [7, 11) is 0. The number of carboxylic acid groups (broad SMARTS) is 1. The average Bonchev–Trinajstić information content (AvgIpc) is 2.62. The molecule has 0 aromatic carbocycles. The maximum Gasteiger partial charge on any atom is 0.307 e. The highest BCUT2D eigenvalue weighted by Gasteiger charge is 2.65. The molecule has 1 aromatic heterocycles. The highest BCUT2D eigenvalue weighted by molar-refractivity contribution is 5.91. The molecule has 1 aliphatic carbocycles. The maximum atomic E-state index is 11.9. The van der Waals surface area contributed by atoms with E-state index in [1.165, 1.54) is 0 Å². The zero-order valence-electron chi connectivity index (χ0n) is 10.7. The molecule has 6 heteroatoms. The summed E-state index contributed by atoms with van der Waals surface area (Å²) in [4.78, 5) is 22.9. The molecule has 1 saturated carbocycles. The minimum Gasteiger partial charge on any atom is -0.481 e. The summed E-state index contributed by atoms with van der Waals surface area (Å²) in [6.45, 7) is 5.86. The van der Waals surface area contributed by atoms with Crippen LogP contribution in [0, 0.1) is 24.2 Å². The summed E-state index contributed by atoms with van der Waals surface area (Å²) in [6, 6.07) is 0. The Labute approximate surface area is 105 Å². The van der Waals surface area contributed by atoms with Gasteiger partial charge >= 0.3 is 5.97 Å². The van der Waals surface area contributed by atoms with Crippen LogP contribution in [0.4, 0.5) is 0 Å². The van der Waals surface area contributed by atoms with Crippen molar-refractivity contribution in [1.82, 2.24) is 15.5 Å². The average molecular weight is 251 g/mol. The molecular formula is C12H17N3O3. The minimum atomic E-state index is -0.903. The second-order valence-electron chi connectivity index (χ2n) is 5.35. The Morgan fingerprint density at radius 3 is 2.61 bits per heavy atom. The number of aromatic amines is 1. The van der Waals surface area contributed by atoms with Gasteiger partial charge in [0.25, 0.3) is 0 Å². The number of nitrogens with one attached hydrogen (secondary N) is 2. The van der Waals surface area contributed by atoms with Gasteiger partial charge in [0.1, 0.15) is 0 Å². The van der Waals surface area contributed by atoms with Crippen molar-refractivity contribution in [2.75, 3.05) is 0 Å². The number of rotatable bonds is 4. The Bertz CT molecular complexity index is 493. The van der Waals surface area contributed by atoms with Gasteiger partial charge < -0.3 is 10.4 Å². The van der Waals surface area contributed by atoms with Crippen LogP contribution in [-0.2, 0) is 16.1 Å². The zero-order chi connectivity index (χ0) is 13.5. The Kier molecular flexibility index (Phi) is 2.88. The lowest BCUT2D eigenvalue weighted by Gasteiger charge is -2.05. The molecule has 1 amide bonds. The second kappa shape index (κ2) is 4.12. The maximum absolute atomic E-state index is 11.9. The number of carboxylic acids is 1. The number of aliphatic carboxylic acids is 1. The molecule has 0 spiro atoms. The zero-order valence-corrected chi connectivity index (χ0v) is 10.7. The van der Waals surface area contributed by atoms with E-state index in [1.807, 2.05) is 6.92 Å². The third kappa shape index (κ3) is 1.98. The van der Waals surface area contributed by atoms with Crippen molar-refractivity contribution in [3.05, 3.63) is 17.5 Å². The van der Waals surface area contributed by atoms with Crippen molar-refractivity contribution in [3.63, 3.8) is 0 Å². The standard InChI is InChI=1S/C12H17N3O3/c1-6-7(5-14-15-6)4-13-10(16)8-9(11(17)18)12(8,2)3/h5,8-9H,4H2,1-3H3,(H,13,16)(H,14,15)(H,17,18)/t8-,9+/m1/s1. The van der Waals surface area contributed by atoms with Crippen LogP contribution >= 0.6 is 0 Å². The predicted octanol–water partition coefficient (Wildman–Crippen LogP) is 0.691. The fourth-order valence-electron chi connectivity index (χ4n) is 2.43. The summed E-state index contributed by atoms with van der Waals surface area (Å²) in [5.74, 6) is -2.13. The summed E-state index contributed by atoms with van der Waals surface area (Å²) in [5.41, 5.74) is 1.36. The quantitative estimate of drug-likeness (QED) is 0.733. The van der Waals surface area contributed by atoms with Crippen LogP contribution < -0.4 is 5.32 Å². The van der Waals surface area contributed by atoms with Gasteiger partial charge in [-0.25, -0.2) is 0 Å². The second-order valence-corrected chi connectivity index (χ2v) is 5.35. The van der Waals surface area contributed by atoms with E-state index in [0.29, 0.717) is 6.54 Å². The van der Waals surface area contributed by atoms with Gasteiger partial charge in [-0.05, 0) is 12.3 Å². The molecule has 1 aromatic rings. The summed E-state index contributed by atoms with van der Waals surface area (Å²) in [6.07, 6.45) is 1.66. The van der Waals surface area contributed by atoms with Gasteiger partial charge in [-0.1, -0.05) is 13.8 Å². The van der Waals surface area contributed by atoms with E-state index in [4.69, 9.17) is 5.11 Å². The lowest BCUT2D eigenvalue weighted by molar-refractivity contribution is -0.140. The lowest BCUT2D eigenvalue weighted by Crippen LogP contribution is -2.26. The van der Waals surface area contributed by atoms with Gasteiger partial charge in [0, 0.05) is 17.8 Å². The molecule has 3 N–H and O–H groups in total. The molecule has 0 bridgehead atoms. The number of amides is 1. The molecule has 18 heavy (non-hydrogen) atoms. The van der Waals surface area contributed by atoms with E-state index in [0.717, 1.165) is 11.3 Å². The molecule has 0 radical (unpaired) electrons. The fourth-order valence-corrected chi connectivity index (χ4v) is 2.43. The Balaban J connectivity index is 1.94. The van der Waals surface area contributed by atoms with Crippen LogP contribution in [0.2, 0.25) is 0 Å². The highest BCUT2D eigenvalue weighted by atomic mass is 16.4. The lowest BCUT2D eigenvalue weighted by atomic mass is 10.1. The molecule has 0 saturated heterocycles. The van der Waals surface area contributed by atoms with Crippen LogP contribution in [0.5, 0.6) is 0 Å². The fraction of sp³-hybridized carbons (Fsp3) is 0.583. The van der Waals surface area contributed by atoms with Gasteiger partial charge in [-0.3, -0.25) is 14.7 Å². The van der Waals surface area contributed by atoms with Crippen molar-refractivity contribution in [2.24, 2.45) is 17.3 Å². The summed E-state index contributed by atoms with van der Waals surface area (Å²) >= 11 is 0. The number of H-pyrrole nitrogens is 1. The first-order valence-electron chi connectivity index (χ1n) is 5.85. The third-order valence-electron chi connectivity index (χ3n) is 3.76. The van der Waals surface area contributed by atoms with Gasteiger partial charge in [-0.2, -0.15) is 5.10 Å². The number of carbonyl (C=O) groups is 2. The number of hydrogen-bond donors (Lipinski definition) is 3. The molecule has 1 aliphatic rings. The van der Waals surface area contributed by atoms with Crippen molar-refractivity contribution in [1.29, 1.82) is 0 Å². The predicted molar refractivity (Wildman–Crippen MR) is 63.6 cm³/mol. The van der Waals surface area contributed by atoms with Crippen LogP contribution in [0.3, 0.4) is 0 Å². The van der Waals surface area contributed by atoms with E-state index in [2.05, 4.69) is 15.5 Å². The van der Waals surface area contributed by atoms with Crippen LogP contribution in [0.15, 0.2) is 6.20 Å². The molecule has 1 fully saturated rings. The van der Waals surface area contributed by atoms with Crippen LogP contribution in [0.1, 0.15) is 25.1 Å². The normalized spacial score (nSPS) is 24.6.